The summed E-state index contributed by atoms with van der Waals surface area (Å²) >= 11 is 0. The van der Waals surface area contributed by atoms with Gasteiger partial charge in [0, 0.05) is 31.6 Å². The quantitative estimate of drug-likeness (QED) is 0.331. The lowest BCUT2D eigenvalue weighted by atomic mass is 10.2. The van der Waals surface area contributed by atoms with Crippen molar-refractivity contribution in [3.05, 3.63) is 41.6 Å². The molecule has 0 radical (unpaired) electrons. The predicted octanol–water partition coefficient (Wildman–Crippen LogP) is 3.16. The average Bonchev–Trinajstić information content (AvgIpc) is 3.21. The summed E-state index contributed by atoms with van der Waals surface area (Å²) in [5, 5.41) is 20.5. The lowest BCUT2D eigenvalue weighted by molar-refractivity contribution is -0.123. The Morgan fingerprint density at radius 1 is 1.29 bits per heavy atom. The van der Waals surface area contributed by atoms with Gasteiger partial charge in [0.25, 0.3) is 5.92 Å². The van der Waals surface area contributed by atoms with Crippen molar-refractivity contribution in [2.75, 3.05) is 30.3 Å². The smallest absolute Gasteiger partial charge is 0.262 e. The topological polar surface area (TPSA) is 115 Å². The summed E-state index contributed by atoms with van der Waals surface area (Å²) < 4.78 is 26.4. The molecule has 1 aliphatic heterocycles. The molecule has 1 aliphatic rings. The SMILES string of the molecule is CCCNc1nc(Nc2ccc(C#N)cc2)ncc1C#CCCCNC(=O)[C@@H]1CC(F)(F)CN1. The third kappa shape index (κ3) is 7.39. The lowest BCUT2D eigenvalue weighted by Crippen LogP contribution is -2.40. The van der Waals surface area contributed by atoms with E-state index in [1.807, 2.05) is 6.92 Å². The highest BCUT2D eigenvalue weighted by Gasteiger charge is 2.42. The van der Waals surface area contributed by atoms with E-state index < -0.39 is 30.8 Å². The first-order chi connectivity index (χ1) is 16.4. The number of benzene rings is 1. The number of hydrogen-bond acceptors (Lipinski definition) is 7. The average molecular weight is 468 g/mol. The molecule has 1 aromatic carbocycles. The number of nitrogens with one attached hydrogen (secondary N) is 4. The Balaban J connectivity index is 1.53. The number of aromatic nitrogens is 2. The third-order valence-corrected chi connectivity index (χ3v) is 5.03. The molecule has 3 rings (SSSR count). The van der Waals surface area contributed by atoms with E-state index >= 15 is 0 Å². The fourth-order valence-electron chi connectivity index (χ4n) is 3.24. The van der Waals surface area contributed by atoms with Crippen LogP contribution in [-0.4, -0.2) is 47.5 Å². The fourth-order valence-corrected chi connectivity index (χ4v) is 3.24. The number of hydrogen-bond donors (Lipinski definition) is 4. The maximum absolute atomic E-state index is 13.2. The number of alkyl halides is 2. The number of nitriles is 1. The highest BCUT2D eigenvalue weighted by Crippen LogP contribution is 2.25. The molecule has 0 bridgehead atoms. The maximum atomic E-state index is 13.2. The molecule has 1 aromatic heterocycles. The van der Waals surface area contributed by atoms with E-state index in [4.69, 9.17) is 5.26 Å². The van der Waals surface area contributed by atoms with Crippen LogP contribution in [0.2, 0.25) is 0 Å². The van der Waals surface area contributed by atoms with Crippen molar-refractivity contribution in [2.24, 2.45) is 0 Å². The molecule has 8 nitrogen and oxygen atoms in total. The summed E-state index contributed by atoms with van der Waals surface area (Å²) in [7, 11) is 0. The zero-order chi connectivity index (χ0) is 24.4. The molecule has 1 fully saturated rings. The summed E-state index contributed by atoms with van der Waals surface area (Å²) in [4.78, 5) is 20.8. The van der Waals surface area contributed by atoms with Crippen molar-refractivity contribution >= 4 is 23.4 Å². The number of carbonyl (C=O) groups is 1. The highest BCUT2D eigenvalue weighted by molar-refractivity contribution is 5.82. The summed E-state index contributed by atoms with van der Waals surface area (Å²) in [5.74, 6) is 3.89. The van der Waals surface area contributed by atoms with Gasteiger partial charge in [-0.05, 0) is 37.1 Å². The van der Waals surface area contributed by atoms with Gasteiger partial charge in [-0.2, -0.15) is 10.2 Å². The number of nitrogens with zero attached hydrogens (tertiary/aromatic N) is 3. The highest BCUT2D eigenvalue weighted by atomic mass is 19.3. The number of unbranched alkanes of at least 4 members (excludes halogenated alkanes) is 1. The summed E-state index contributed by atoms with van der Waals surface area (Å²) in [6.07, 6.45) is 3.20. The third-order valence-electron chi connectivity index (χ3n) is 5.03. The van der Waals surface area contributed by atoms with Crippen molar-refractivity contribution in [3.63, 3.8) is 0 Å². The Morgan fingerprint density at radius 3 is 2.76 bits per heavy atom. The van der Waals surface area contributed by atoms with E-state index in [0.717, 1.165) is 18.7 Å². The van der Waals surface area contributed by atoms with Crippen LogP contribution in [0.1, 0.15) is 43.7 Å². The minimum absolute atomic E-state index is 0.363. The van der Waals surface area contributed by atoms with Crippen molar-refractivity contribution in [3.8, 4) is 17.9 Å². The van der Waals surface area contributed by atoms with Gasteiger partial charge in [-0.15, -0.1) is 0 Å². The van der Waals surface area contributed by atoms with Gasteiger partial charge >= 0.3 is 0 Å². The Kier molecular flexibility index (Phi) is 8.72. The van der Waals surface area contributed by atoms with Gasteiger partial charge in [-0.1, -0.05) is 18.8 Å². The maximum Gasteiger partial charge on any atom is 0.262 e. The van der Waals surface area contributed by atoms with Gasteiger partial charge in [-0.3, -0.25) is 10.1 Å². The molecule has 2 heterocycles. The van der Waals surface area contributed by atoms with E-state index in [0.29, 0.717) is 42.3 Å². The predicted molar refractivity (Wildman–Crippen MR) is 126 cm³/mol. The molecule has 0 aliphatic carbocycles. The van der Waals surface area contributed by atoms with E-state index in [1.54, 1.807) is 30.5 Å². The molecule has 178 valence electrons. The van der Waals surface area contributed by atoms with Gasteiger partial charge in [-0.25, -0.2) is 13.8 Å². The zero-order valence-electron chi connectivity index (χ0n) is 18.9. The number of anilines is 3. The minimum Gasteiger partial charge on any atom is -0.369 e. The van der Waals surface area contributed by atoms with Crippen LogP contribution in [0, 0.1) is 23.2 Å². The van der Waals surface area contributed by atoms with Crippen LogP contribution < -0.4 is 21.3 Å². The molecular formula is C24H27F2N7O. The van der Waals surface area contributed by atoms with Crippen LogP contribution in [0.5, 0.6) is 0 Å². The summed E-state index contributed by atoms with van der Waals surface area (Å²) in [5.41, 5.74) is 1.98. The summed E-state index contributed by atoms with van der Waals surface area (Å²) in [6.45, 7) is 2.67. The molecule has 1 atom stereocenters. The van der Waals surface area contributed by atoms with Crippen LogP contribution >= 0.6 is 0 Å². The molecule has 34 heavy (non-hydrogen) atoms. The number of amides is 1. The number of halogens is 2. The molecule has 1 saturated heterocycles. The standard InChI is InChI=1S/C24H27F2N7O/c1-2-11-28-21-18(15-30-23(33-21)32-19-9-7-17(14-27)8-10-19)6-4-3-5-12-29-22(34)20-13-24(25,26)16-31-20/h7-10,15,20,31H,2-3,5,11-13,16H2,1H3,(H,29,34)(H2,28,30,32,33)/t20-/m0/s1. The molecule has 0 spiro atoms. The Morgan fingerprint density at radius 2 is 2.09 bits per heavy atom. The van der Waals surface area contributed by atoms with Crippen LogP contribution in [0.3, 0.4) is 0 Å². The molecule has 4 N–H and O–H groups in total. The van der Waals surface area contributed by atoms with Gasteiger partial charge in [0.2, 0.25) is 11.9 Å². The van der Waals surface area contributed by atoms with Gasteiger partial charge in [0.15, 0.2) is 0 Å². The van der Waals surface area contributed by atoms with Crippen molar-refractivity contribution < 1.29 is 13.6 Å². The normalized spacial score (nSPS) is 16.1. The lowest BCUT2D eigenvalue weighted by Gasteiger charge is -2.10. The van der Waals surface area contributed by atoms with E-state index in [-0.39, 0.29) is 0 Å². The van der Waals surface area contributed by atoms with Crippen LogP contribution in [0.25, 0.3) is 0 Å². The first kappa shape index (κ1) is 24.9. The van der Waals surface area contributed by atoms with Crippen LogP contribution in [0.15, 0.2) is 30.5 Å². The molecule has 2 aromatic rings. The van der Waals surface area contributed by atoms with E-state index in [1.165, 1.54) is 0 Å². The second kappa shape index (κ2) is 11.9. The molecule has 1 amide bonds. The molecule has 0 saturated carbocycles. The number of rotatable bonds is 9. The Hall–Kier alpha value is -3.76. The van der Waals surface area contributed by atoms with E-state index in [9.17, 15) is 13.6 Å². The molecule has 0 unspecified atom stereocenters. The first-order valence-corrected chi connectivity index (χ1v) is 11.2. The van der Waals surface area contributed by atoms with Crippen molar-refractivity contribution in [1.82, 2.24) is 20.6 Å². The van der Waals surface area contributed by atoms with Crippen molar-refractivity contribution in [2.45, 2.75) is 44.6 Å². The molecule has 10 heteroatoms. The fraction of sp³-hybridized carbons (Fsp3) is 0.417. The van der Waals surface area contributed by atoms with Gasteiger partial charge in [0.05, 0.1) is 36.0 Å². The molecular weight excluding hydrogens is 440 g/mol. The first-order valence-electron chi connectivity index (χ1n) is 11.2. The van der Waals surface area contributed by atoms with Crippen LogP contribution in [0.4, 0.5) is 26.2 Å². The van der Waals surface area contributed by atoms with E-state index in [2.05, 4.69) is 49.1 Å². The minimum atomic E-state index is -2.83. The van der Waals surface area contributed by atoms with Gasteiger partial charge in [0.1, 0.15) is 5.82 Å². The Bertz CT molecular complexity index is 1090. The number of carbonyl (C=O) groups excluding carboxylic acids is 1. The Labute approximate surface area is 197 Å². The largest absolute Gasteiger partial charge is 0.369 e. The second-order valence-corrected chi connectivity index (χ2v) is 7.89. The van der Waals surface area contributed by atoms with Crippen LogP contribution in [-0.2, 0) is 4.79 Å². The second-order valence-electron chi connectivity index (χ2n) is 7.89. The van der Waals surface area contributed by atoms with Gasteiger partial charge < -0.3 is 16.0 Å². The monoisotopic (exact) mass is 467 g/mol. The van der Waals surface area contributed by atoms with Crippen molar-refractivity contribution in [1.29, 1.82) is 5.26 Å². The zero-order valence-corrected chi connectivity index (χ0v) is 18.9. The summed E-state index contributed by atoms with van der Waals surface area (Å²) in [6, 6.07) is 8.21.